The summed E-state index contributed by atoms with van der Waals surface area (Å²) in [5.74, 6) is -0.293. The van der Waals surface area contributed by atoms with Crippen LogP contribution >= 0.6 is 15.9 Å². The smallest absolute Gasteiger partial charge is 0.293 e. The van der Waals surface area contributed by atoms with Gasteiger partial charge in [0, 0.05) is 15.7 Å². The number of aryl methyl sites for hydroxylation is 3. The molecule has 0 spiro atoms. The lowest BCUT2D eigenvalue weighted by Gasteiger charge is -2.09. The lowest BCUT2D eigenvalue weighted by atomic mass is 9.97. The Balaban J connectivity index is 1.60. The van der Waals surface area contributed by atoms with E-state index in [0.29, 0.717) is 11.2 Å². The number of hydrogen-bond acceptors (Lipinski definition) is 4. The first-order chi connectivity index (χ1) is 12.5. The van der Waals surface area contributed by atoms with Crippen molar-refractivity contribution in [3.8, 4) is 0 Å². The van der Waals surface area contributed by atoms with Crippen LogP contribution in [0.5, 0.6) is 0 Å². The molecule has 0 fully saturated rings. The quantitative estimate of drug-likeness (QED) is 0.712. The lowest BCUT2D eigenvalue weighted by molar-refractivity contribution is -0.117. The number of rotatable bonds is 3. The third kappa shape index (κ3) is 3.05. The summed E-state index contributed by atoms with van der Waals surface area (Å²) in [6, 6.07) is 5.55. The molecule has 0 aliphatic heterocycles. The van der Waals surface area contributed by atoms with E-state index in [-0.39, 0.29) is 18.0 Å². The molecule has 0 saturated carbocycles. The molecule has 1 aliphatic rings. The molecule has 1 N–H and O–H groups in total. The standard InChI is InChI=1S/C18H18BrN5O2/c1-11-8-12(6-7-14(11)19)21-16(25)9-23-18(26)17-13-4-2-3-5-15(13)22-24(17)10-20-23/h6-8,10H,2-5,9H2,1H3,(H,21,25). The van der Waals surface area contributed by atoms with Crippen LogP contribution in [-0.2, 0) is 24.2 Å². The number of nitrogens with zero attached hydrogens (tertiary/aromatic N) is 4. The van der Waals surface area contributed by atoms with E-state index in [9.17, 15) is 9.59 Å². The normalized spacial score (nSPS) is 13.6. The second-order valence-electron chi connectivity index (χ2n) is 6.53. The summed E-state index contributed by atoms with van der Waals surface area (Å²) in [6.45, 7) is 1.81. The molecule has 1 aliphatic carbocycles. The molecule has 134 valence electrons. The van der Waals surface area contributed by atoms with Gasteiger partial charge in [0.2, 0.25) is 5.91 Å². The molecular formula is C18H18BrN5O2. The molecule has 3 aromatic rings. The van der Waals surface area contributed by atoms with Crippen molar-refractivity contribution in [1.82, 2.24) is 19.4 Å². The van der Waals surface area contributed by atoms with E-state index in [2.05, 4.69) is 31.4 Å². The van der Waals surface area contributed by atoms with E-state index in [1.54, 1.807) is 4.52 Å². The molecule has 0 radical (unpaired) electrons. The van der Waals surface area contributed by atoms with Gasteiger partial charge in [-0.05, 0) is 56.4 Å². The Morgan fingerprint density at radius 3 is 2.92 bits per heavy atom. The van der Waals surface area contributed by atoms with Gasteiger partial charge in [0.1, 0.15) is 18.4 Å². The molecule has 0 atom stereocenters. The molecule has 2 aromatic heterocycles. The van der Waals surface area contributed by atoms with Crippen LogP contribution in [0.1, 0.15) is 29.7 Å². The Bertz CT molecular complexity index is 1070. The number of aromatic nitrogens is 4. The Morgan fingerprint density at radius 2 is 2.12 bits per heavy atom. The summed E-state index contributed by atoms with van der Waals surface area (Å²) in [5, 5.41) is 11.4. The third-order valence-electron chi connectivity index (χ3n) is 4.65. The van der Waals surface area contributed by atoms with Gasteiger partial charge in [-0.3, -0.25) is 9.59 Å². The zero-order valence-electron chi connectivity index (χ0n) is 14.3. The average molecular weight is 416 g/mol. The van der Waals surface area contributed by atoms with Gasteiger partial charge in [-0.1, -0.05) is 15.9 Å². The number of halogens is 1. The molecule has 1 aromatic carbocycles. The maximum Gasteiger partial charge on any atom is 0.293 e. The topological polar surface area (TPSA) is 81.3 Å². The number of carbonyl (C=O) groups is 1. The number of carbonyl (C=O) groups excluding carboxylic acids is 1. The van der Waals surface area contributed by atoms with E-state index in [1.807, 2.05) is 25.1 Å². The molecule has 7 nitrogen and oxygen atoms in total. The van der Waals surface area contributed by atoms with Gasteiger partial charge in [0.25, 0.3) is 5.56 Å². The van der Waals surface area contributed by atoms with Crippen molar-refractivity contribution in [2.24, 2.45) is 0 Å². The van der Waals surface area contributed by atoms with Crippen LogP contribution < -0.4 is 10.9 Å². The number of amides is 1. The first-order valence-electron chi connectivity index (χ1n) is 8.55. The Morgan fingerprint density at radius 1 is 1.31 bits per heavy atom. The van der Waals surface area contributed by atoms with Crippen molar-refractivity contribution in [1.29, 1.82) is 0 Å². The Hall–Kier alpha value is -2.48. The van der Waals surface area contributed by atoms with E-state index >= 15 is 0 Å². The molecule has 0 bridgehead atoms. The van der Waals surface area contributed by atoms with Gasteiger partial charge in [0.15, 0.2) is 0 Å². The number of anilines is 1. The monoisotopic (exact) mass is 415 g/mol. The van der Waals surface area contributed by atoms with E-state index in [1.165, 1.54) is 11.0 Å². The van der Waals surface area contributed by atoms with Crippen molar-refractivity contribution in [2.45, 2.75) is 39.2 Å². The minimum Gasteiger partial charge on any atom is -0.324 e. The van der Waals surface area contributed by atoms with Crippen molar-refractivity contribution in [2.75, 3.05) is 5.32 Å². The maximum atomic E-state index is 12.8. The number of fused-ring (bicyclic) bond motifs is 3. The highest BCUT2D eigenvalue weighted by atomic mass is 79.9. The molecular weight excluding hydrogens is 398 g/mol. The molecule has 4 rings (SSSR count). The highest BCUT2D eigenvalue weighted by Crippen LogP contribution is 2.22. The van der Waals surface area contributed by atoms with Crippen molar-refractivity contribution in [3.05, 3.63) is 56.2 Å². The van der Waals surface area contributed by atoms with Gasteiger partial charge >= 0.3 is 0 Å². The third-order valence-corrected chi connectivity index (χ3v) is 5.54. The fourth-order valence-corrected chi connectivity index (χ4v) is 3.59. The summed E-state index contributed by atoms with van der Waals surface area (Å²) in [5.41, 5.74) is 3.95. The maximum absolute atomic E-state index is 12.8. The first kappa shape index (κ1) is 17.0. The first-order valence-corrected chi connectivity index (χ1v) is 9.34. The summed E-state index contributed by atoms with van der Waals surface area (Å²) >= 11 is 3.43. The summed E-state index contributed by atoms with van der Waals surface area (Å²) in [7, 11) is 0. The second-order valence-corrected chi connectivity index (χ2v) is 7.39. The van der Waals surface area contributed by atoms with Crippen LogP contribution in [-0.4, -0.2) is 25.3 Å². The fourth-order valence-electron chi connectivity index (χ4n) is 3.34. The Labute approximate surface area is 158 Å². The predicted molar refractivity (Wildman–Crippen MR) is 101 cm³/mol. The molecule has 0 unspecified atom stereocenters. The van der Waals surface area contributed by atoms with Crippen LogP contribution in [0.4, 0.5) is 5.69 Å². The molecule has 1 amide bonds. The van der Waals surface area contributed by atoms with Gasteiger partial charge in [-0.2, -0.15) is 10.2 Å². The van der Waals surface area contributed by atoms with Crippen molar-refractivity contribution in [3.63, 3.8) is 0 Å². The summed E-state index contributed by atoms with van der Waals surface area (Å²) in [4.78, 5) is 25.2. The molecule has 8 heteroatoms. The zero-order valence-corrected chi connectivity index (χ0v) is 15.9. The molecule has 0 saturated heterocycles. The zero-order chi connectivity index (χ0) is 18.3. The number of benzene rings is 1. The minimum absolute atomic E-state index is 0.135. The summed E-state index contributed by atoms with van der Waals surface area (Å²) in [6.07, 6.45) is 5.39. The number of nitrogens with one attached hydrogen (secondary N) is 1. The van der Waals surface area contributed by atoms with Crippen LogP contribution in [0.2, 0.25) is 0 Å². The van der Waals surface area contributed by atoms with Crippen LogP contribution in [0.3, 0.4) is 0 Å². The predicted octanol–water partition coefficient (Wildman–Crippen LogP) is 2.48. The highest BCUT2D eigenvalue weighted by molar-refractivity contribution is 9.10. The SMILES string of the molecule is Cc1cc(NC(=O)Cn2ncn3nc4c(c3c2=O)CCCC4)ccc1Br. The van der Waals surface area contributed by atoms with E-state index in [0.717, 1.165) is 47.0 Å². The largest absolute Gasteiger partial charge is 0.324 e. The van der Waals surface area contributed by atoms with Crippen molar-refractivity contribution < 1.29 is 4.79 Å². The van der Waals surface area contributed by atoms with Crippen LogP contribution in [0.25, 0.3) is 5.52 Å². The number of hydrogen-bond donors (Lipinski definition) is 1. The Kier molecular flexibility index (Phi) is 4.36. The lowest BCUT2D eigenvalue weighted by Crippen LogP contribution is -2.31. The van der Waals surface area contributed by atoms with Crippen LogP contribution in [0.15, 0.2) is 33.8 Å². The highest BCUT2D eigenvalue weighted by Gasteiger charge is 2.20. The second kappa shape index (κ2) is 6.68. The molecule has 2 heterocycles. The van der Waals surface area contributed by atoms with Gasteiger partial charge in [-0.25, -0.2) is 9.20 Å². The molecule has 26 heavy (non-hydrogen) atoms. The van der Waals surface area contributed by atoms with Crippen molar-refractivity contribution >= 4 is 33.0 Å². The minimum atomic E-state index is -0.293. The summed E-state index contributed by atoms with van der Waals surface area (Å²) < 4.78 is 3.72. The fraction of sp³-hybridized carbons (Fsp3) is 0.333. The van der Waals surface area contributed by atoms with Gasteiger partial charge in [0.05, 0.1) is 5.69 Å². The van der Waals surface area contributed by atoms with Gasteiger partial charge in [-0.15, -0.1) is 0 Å². The average Bonchev–Trinajstić information content (AvgIpc) is 3.00. The van der Waals surface area contributed by atoms with E-state index < -0.39 is 0 Å². The van der Waals surface area contributed by atoms with Crippen LogP contribution in [0, 0.1) is 6.92 Å². The van der Waals surface area contributed by atoms with Gasteiger partial charge < -0.3 is 5.32 Å². The van der Waals surface area contributed by atoms with E-state index in [4.69, 9.17) is 0 Å².